The lowest BCUT2D eigenvalue weighted by molar-refractivity contribution is -0.136. The molecule has 0 spiro atoms. The van der Waals surface area contributed by atoms with Crippen molar-refractivity contribution in [2.45, 2.75) is 24.3 Å². The van der Waals surface area contributed by atoms with E-state index in [1.807, 2.05) is 12.1 Å². The number of rotatable bonds is 1. The molecule has 0 saturated heterocycles. The van der Waals surface area contributed by atoms with Gasteiger partial charge in [0.05, 0.1) is 26.3 Å². The first-order chi connectivity index (χ1) is 11.6. The van der Waals surface area contributed by atoms with Crippen molar-refractivity contribution in [2.75, 3.05) is 32.6 Å². The Balaban J connectivity index is 1.83. The normalized spacial score (nSPS) is 26.7. The molecule has 2 heterocycles. The summed E-state index contributed by atoms with van der Waals surface area (Å²) >= 11 is 0. The van der Waals surface area contributed by atoms with Crippen molar-refractivity contribution in [1.29, 1.82) is 0 Å². The number of carbonyl (C=O) groups excluding carboxylic acids is 2. The highest BCUT2D eigenvalue weighted by molar-refractivity contribution is 5.90. The van der Waals surface area contributed by atoms with E-state index in [1.54, 1.807) is 4.90 Å². The second-order valence-corrected chi connectivity index (χ2v) is 6.50. The largest absolute Gasteiger partial charge is 0.466 e. The van der Waals surface area contributed by atoms with Gasteiger partial charge in [0.2, 0.25) is 0 Å². The van der Waals surface area contributed by atoms with Crippen LogP contribution in [0.1, 0.15) is 29.4 Å². The average molecular weight is 328 g/mol. The van der Waals surface area contributed by atoms with E-state index in [2.05, 4.69) is 17.4 Å². The molecule has 1 amide bonds. The van der Waals surface area contributed by atoms with Gasteiger partial charge in [-0.15, -0.1) is 0 Å². The summed E-state index contributed by atoms with van der Waals surface area (Å²) in [6.07, 6.45) is 2.44. The molecule has 126 valence electrons. The second-order valence-electron chi connectivity index (χ2n) is 6.50. The van der Waals surface area contributed by atoms with Gasteiger partial charge in [-0.05, 0) is 23.6 Å². The Morgan fingerprint density at radius 3 is 2.83 bits per heavy atom. The lowest BCUT2D eigenvalue weighted by atomic mass is 9.71. The number of fused-ring (bicyclic) bond motifs is 2. The summed E-state index contributed by atoms with van der Waals surface area (Å²) in [5, 5.41) is 3.45. The number of ether oxygens (including phenoxy) is 2. The van der Waals surface area contributed by atoms with Crippen LogP contribution in [0.25, 0.3) is 0 Å². The first kappa shape index (κ1) is 15.1. The molecule has 6 nitrogen and oxygen atoms in total. The Labute approximate surface area is 140 Å². The molecule has 0 fully saturated rings. The zero-order valence-corrected chi connectivity index (χ0v) is 13.7. The van der Waals surface area contributed by atoms with Crippen LogP contribution in [0, 0.1) is 0 Å². The molecule has 6 heteroatoms. The van der Waals surface area contributed by atoms with E-state index >= 15 is 0 Å². The summed E-state index contributed by atoms with van der Waals surface area (Å²) in [6, 6.07) is 6.21. The van der Waals surface area contributed by atoms with Crippen LogP contribution < -0.4 is 5.32 Å². The number of hydrogen-bond donors (Lipinski definition) is 1. The number of hydrogen-bond acceptors (Lipinski definition) is 5. The van der Waals surface area contributed by atoms with E-state index in [-0.39, 0.29) is 18.5 Å². The van der Waals surface area contributed by atoms with Gasteiger partial charge in [0.1, 0.15) is 0 Å². The number of amides is 1. The van der Waals surface area contributed by atoms with Crippen LogP contribution in [0.3, 0.4) is 0 Å². The van der Waals surface area contributed by atoms with Crippen LogP contribution >= 0.6 is 0 Å². The maximum atomic E-state index is 12.3. The van der Waals surface area contributed by atoms with Crippen LogP contribution in [0.5, 0.6) is 0 Å². The summed E-state index contributed by atoms with van der Waals surface area (Å²) in [7, 11) is 2.73. The van der Waals surface area contributed by atoms with E-state index in [1.165, 1.54) is 31.0 Å². The minimum Gasteiger partial charge on any atom is -0.466 e. The van der Waals surface area contributed by atoms with Crippen molar-refractivity contribution in [3.05, 3.63) is 41.0 Å². The number of nitrogens with one attached hydrogen (secondary N) is 1. The highest BCUT2D eigenvalue weighted by Crippen LogP contribution is 2.49. The fourth-order valence-electron chi connectivity index (χ4n) is 4.34. The third-order valence-corrected chi connectivity index (χ3v) is 5.37. The molecule has 1 unspecified atom stereocenters. The molecule has 3 atom stereocenters. The van der Waals surface area contributed by atoms with Gasteiger partial charge in [0.15, 0.2) is 0 Å². The number of esters is 1. The average Bonchev–Trinajstić information content (AvgIpc) is 3.04. The molecule has 0 aromatic heterocycles. The van der Waals surface area contributed by atoms with E-state index in [0.29, 0.717) is 11.5 Å². The lowest BCUT2D eigenvalue weighted by Gasteiger charge is -2.44. The van der Waals surface area contributed by atoms with Gasteiger partial charge in [0, 0.05) is 30.1 Å². The monoisotopic (exact) mass is 328 g/mol. The van der Waals surface area contributed by atoms with Crippen molar-refractivity contribution in [3.63, 3.8) is 0 Å². The molecule has 0 bridgehead atoms. The first-order valence-corrected chi connectivity index (χ1v) is 8.14. The molecule has 2 aliphatic heterocycles. The summed E-state index contributed by atoms with van der Waals surface area (Å²) in [6.45, 7) is 1.12. The zero-order valence-electron chi connectivity index (χ0n) is 13.7. The van der Waals surface area contributed by atoms with Gasteiger partial charge in [-0.1, -0.05) is 18.2 Å². The van der Waals surface area contributed by atoms with Gasteiger partial charge in [-0.3, -0.25) is 4.90 Å². The number of methoxy groups -OCH3 is 2. The minimum atomic E-state index is -0.398. The Hall–Kier alpha value is -2.50. The number of anilines is 1. The number of benzene rings is 1. The first-order valence-electron chi connectivity index (χ1n) is 8.14. The third-order valence-electron chi connectivity index (χ3n) is 5.37. The minimum absolute atomic E-state index is 0.00138. The predicted molar refractivity (Wildman–Crippen MR) is 88.0 cm³/mol. The fourth-order valence-corrected chi connectivity index (χ4v) is 4.34. The van der Waals surface area contributed by atoms with Crippen LogP contribution in [-0.4, -0.2) is 50.3 Å². The molecule has 1 aromatic carbocycles. The molecular weight excluding hydrogens is 308 g/mol. The van der Waals surface area contributed by atoms with E-state index in [0.717, 1.165) is 13.0 Å². The SMILES string of the molecule is COC(=O)C1=C[C@H]2c3cccc4c3C(CN4)C[C@H]2N(C(=O)OC)C1. The summed E-state index contributed by atoms with van der Waals surface area (Å²) in [4.78, 5) is 26.1. The van der Waals surface area contributed by atoms with Crippen molar-refractivity contribution >= 4 is 17.7 Å². The molecular formula is C18H20N2O4. The Bertz CT molecular complexity index is 743. The lowest BCUT2D eigenvalue weighted by Crippen LogP contribution is -2.50. The molecule has 4 rings (SSSR count). The quantitative estimate of drug-likeness (QED) is 0.801. The topological polar surface area (TPSA) is 67.9 Å². The van der Waals surface area contributed by atoms with Crippen LogP contribution in [-0.2, 0) is 14.3 Å². The summed E-state index contributed by atoms with van der Waals surface area (Å²) in [5.74, 6) is -0.0223. The highest BCUT2D eigenvalue weighted by atomic mass is 16.5. The maximum absolute atomic E-state index is 12.3. The molecule has 24 heavy (non-hydrogen) atoms. The number of nitrogens with zero attached hydrogens (tertiary/aromatic N) is 1. The van der Waals surface area contributed by atoms with E-state index in [4.69, 9.17) is 9.47 Å². The van der Waals surface area contributed by atoms with Crippen LogP contribution in [0.4, 0.5) is 10.5 Å². The fraction of sp³-hybridized carbons (Fsp3) is 0.444. The number of carbonyl (C=O) groups is 2. The van der Waals surface area contributed by atoms with Gasteiger partial charge in [0.25, 0.3) is 0 Å². The highest BCUT2D eigenvalue weighted by Gasteiger charge is 2.45. The van der Waals surface area contributed by atoms with Crippen LogP contribution in [0.15, 0.2) is 29.8 Å². The second kappa shape index (κ2) is 5.54. The van der Waals surface area contributed by atoms with E-state index < -0.39 is 12.1 Å². The molecule has 3 aliphatic rings. The predicted octanol–water partition coefficient (Wildman–Crippen LogP) is 2.23. The zero-order chi connectivity index (χ0) is 16.8. The molecule has 1 aliphatic carbocycles. The summed E-state index contributed by atoms with van der Waals surface area (Å²) in [5.41, 5.74) is 4.19. The Kier molecular flexibility index (Phi) is 3.48. The summed E-state index contributed by atoms with van der Waals surface area (Å²) < 4.78 is 9.84. The van der Waals surface area contributed by atoms with Crippen LogP contribution in [0.2, 0.25) is 0 Å². The Morgan fingerprint density at radius 1 is 1.25 bits per heavy atom. The standard InChI is InChI=1S/C18H20N2O4/c1-23-17(21)11-6-13-12-4-3-5-14-16(12)10(8-19-14)7-15(13)20(9-11)18(22)24-2/h3-6,10,13,15,19H,7-9H2,1-2H3/t10?,13-,15+/m0/s1. The third kappa shape index (κ3) is 2.09. The molecule has 1 aromatic rings. The van der Waals surface area contributed by atoms with Crippen molar-refractivity contribution < 1.29 is 19.1 Å². The van der Waals surface area contributed by atoms with E-state index in [9.17, 15) is 9.59 Å². The van der Waals surface area contributed by atoms with Gasteiger partial charge >= 0.3 is 12.1 Å². The van der Waals surface area contributed by atoms with Gasteiger partial charge in [-0.2, -0.15) is 0 Å². The molecule has 1 N–H and O–H groups in total. The maximum Gasteiger partial charge on any atom is 0.410 e. The Morgan fingerprint density at radius 2 is 2.08 bits per heavy atom. The van der Waals surface area contributed by atoms with Gasteiger partial charge in [-0.25, -0.2) is 9.59 Å². The van der Waals surface area contributed by atoms with Gasteiger partial charge < -0.3 is 14.8 Å². The smallest absolute Gasteiger partial charge is 0.410 e. The molecule has 0 radical (unpaired) electrons. The van der Waals surface area contributed by atoms with Crippen molar-refractivity contribution in [1.82, 2.24) is 4.90 Å². The van der Waals surface area contributed by atoms with Crippen molar-refractivity contribution in [3.8, 4) is 0 Å². The van der Waals surface area contributed by atoms with Crippen molar-refractivity contribution in [2.24, 2.45) is 0 Å². The molecule has 0 saturated carbocycles.